The molecule has 4 bridgehead atoms. The molecule has 0 unspecified atom stereocenters. The van der Waals surface area contributed by atoms with Crippen molar-refractivity contribution >= 4 is 0 Å². The number of ether oxygens (including phenoxy) is 3. The first-order valence-corrected chi connectivity index (χ1v) is 11.6. The van der Waals surface area contributed by atoms with Crippen molar-refractivity contribution in [1.29, 1.82) is 0 Å². The maximum Gasteiger partial charge on any atom is 0.166 e. The summed E-state index contributed by atoms with van der Waals surface area (Å²) in [7, 11) is 5.81. The standard InChI is InChI=1S/C27H29NO4/c1-28-12-11-26-22-17-5-7-20(30-2)23(22)32-24(26)27(31-3)10-9-25(26,21(28)15-17)18-6-4-16(8-13-29)14-19(18)27/h4-7,9-10,14,21,24,29H,8,11-13,15H2,1-3H3/t21-,24-,25-,26+,27-/m1/s1. The van der Waals surface area contributed by atoms with Crippen LogP contribution in [0.3, 0.4) is 0 Å². The number of piperidine rings is 1. The third kappa shape index (κ3) is 1.76. The number of aliphatic hydroxyl groups is 1. The fourth-order valence-corrected chi connectivity index (χ4v) is 8.10. The number of aliphatic hydroxyl groups excluding tert-OH is 1. The fraction of sp³-hybridized carbons (Fsp3) is 0.481. The van der Waals surface area contributed by atoms with Gasteiger partial charge in [-0.15, -0.1) is 0 Å². The van der Waals surface area contributed by atoms with E-state index in [0.717, 1.165) is 36.4 Å². The number of hydrogen-bond acceptors (Lipinski definition) is 5. The Labute approximate surface area is 188 Å². The molecule has 1 fully saturated rings. The first-order valence-electron chi connectivity index (χ1n) is 11.6. The van der Waals surface area contributed by atoms with E-state index >= 15 is 0 Å². The quantitative estimate of drug-likeness (QED) is 0.755. The van der Waals surface area contributed by atoms with Crippen molar-refractivity contribution in [3.05, 3.63) is 70.3 Å². The number of benzene rings is 2. The smallest absolute Gasteiger partial charge is 0.166 e. The van der Waals surface area contributed by atoms with Crippen LogP contribution in [-0.2, 0) is 34.0 Å². The van der Waals surface area contributed by atoms with Crippen LogP contribution in [0.25, 0.3) is 0 Å². The second kappa shape index (κ2) is 5.96. The predicted octanol–water partition coefficient (Wildman–Crippen LogP) is 2.85. The van der Waals surface area contributed by atoms with E-state index in [1.165, 1.54) is 22.3 Å². The van der Waals surface area contributed by atoms with Gasteiger partial charge in [-0.25, -0.2) is 0 Å². The molecule has 5 atom stereocenters. The molecule has 6 aliphatic rings. The van der Waals surface area contributed by atoms with Crippen molar-refractivity contribution in [3.8, 4) is 11.5 Å². The lowest BCUT2D eigenvalue weighted by atomic mass is 9.38. The van der Waals surface area contributed by atoms with E-state index in [9.17, 15) is 5.11 Å². The van der Waals surface area contributed by atoms with Crippen molar-refractivity contribution in [2.24, 2.45) is 0 Å². The molecule has 5 nitrogen and oxygen atoms in total. The van der Waals surface area contributed by atoms with Crippen LogP contribution in [0.5, 0.6) is 11.5 Å². The van der Waals surface area contributed by atoms with Gasteiger partial charge in [0.25, 0.3) is 0 Å². The molecule has 2 aromatic carbocycles. The summed E-state index contributed by atoms with van der Waals surface area (Å²) >= 11 is 0. The van der Waals surface area contributed by atoms with Gasteiger partial charge in [0, 0.05) is 30.7 Å². The highest BCUT2D eigenvalue weighted by Gasteiger charge is 2.78. The topological polar surface area (TPSA) is 51.2 Å². The van der Waals surface area contributed by atoms with E-state index in [2.05, 4.69) is 54.4 Å². The zero-order valence-corrected chi connectivity index (χ0v) is 18.9. The monoisotopic (exact) mass is 431 g/mol. The van der Waals surface area contributed by atoms with Crippen molar-refractivity contribution in [2.75, 3.05) is 34.4 Å². The summed E-state index contributed by atoms with van der Waals surface area (Å²) in [6, 6.07) is 11.4. The van der Waals surface area contributed by atoms with Gasteiger partial charge in [-0.3, -0.25) is 0 Å². The molecule has 2 aromatic rings. The Hall–Kier alpha value is -2.34. The minimum Gasteiger partial charge on any atom is -0.493 e. The SMILES string of the molecule is COc1ccc2c3c1O[C@@H]1[C@]34CCN(C)[C@H](C2)[C@]42C=C[C@@]1(OC)c1cc(CCO)ccc12. The van der Waals surface area contributed by atoms with E-state index in [-0.39, 0.29) is 23.5 Å². The van der Waals surface area contributed by atoms with Crippen molar-refractivity contribution < 1.29 is 19.3 Å². The highest BCUT2D eigenvalue weighted by Crippen LogP contribution is 2.74. The first-order chi connectivity index (χ1) is 15.6. The van der Waals surface area contributed by atoms with Gasteiger partial charge in [-0.2, -0.15) is 0 Å². The Morgan fingerprint density at radius 2 is 2.03 bits per heavy atom. The van der Waals surface area contributed by atoms with Crippen molar-refractivity contribution in [1.82, 2.24) is 4.90 Å². The average molecular weight is 432 g/mol. The molecule has 2 heterocycles. The lowest BCUT2D eigenvalue weighted by Gasteiger charge is -2.69. The van der Waals surface area contributed by atoms with Crippen molar-refractivity contribution in [2.45, 2.75) is 47.8 Å². The predicted molar refractivity (Wildman–Crippen MR) is 121 cm³/mol. The summed E-state index contributed by atoms with van der Waals surface area (Å²) in [5, 5.41) is 9.58. The Morgan fingerprint density at radius 1 is 1.16 bits per heavy atom. The molecular formula is C27H29NO4. The largest absolute Gasteiger partial charge is 0.493 e. The van der Waals surface area contributed by atoms with Crippen LogP contribution >= 0.6 is 0 Å². The van der Waals surface area contributed by atoms with Crippen molar-refractivity contribution in [3.63, 3.8) is 0 Å². The second-order valence-electron chi connectivity index (χ2n) is 10.1. The van der Waals surface area contributed by atoms with E-state index in [4.69, 9.17) is 14.2 Å². The maximum absolute atomic E-state index is 9.58. The molecule has 0 saturated carbocycles. The molecule has 1 saturated heterocycles. The van der Waals surface area contributed by atoms with Gasteiger partial charge in [-0.1, -0.05) is 30.3 Å². The van der Waals surface area contributed by atoms with E-state index in [1.54, 1.807) is 7.11 Å². The molecule has 5 heteroatoms. The van der Waals surface area contributed by atoms with Gasteiger partial charge in [0.15, 0.2) is 11.5 Å². The van der Waals surface area contributed by atoms with E-state index < -0.39 is 5.60 Å². The molecule has 2 aliphatic heterocycles. The zero-order chi connectivity index (χ0) is 21.9. The van der Waals surface area contributed by atoms with Crippen LogP contribution in [0, 0.1) is 0 Å². The van der Waals surface area contributed by atoms with Crippen LogP contribution in [0.4, 0.5) is 0 Å². The number of likely N-dealkylation sites (N-methyl/N-ethyl adjacent to an activating group) is 1. The Morgan fingerprint density at radius 3 is 2.81 bits per heavy atom. The van der Waals surface area contributed by atoms with Gasteiger partial charge in [0.2, 0.25) is 0 Å². The molecule has 0 aromatic heterocycles. The fourth-order valence-electron chi connectivity index (χ4n) is 8.10. The number of likely N-dealkylation sites (tertiary alicyclic amines) is 1. The second-order valence-corrected chi connectivity index (χ2v) is 10.1. The zero-order valence-electron chi connectivity index (χ0n) is 18.9. The summed E-state index contributed by atoms with van der Waals surface area (Å²) < 4.78 is 19.2. The Balaban J connectivity index is 1.61. The molecular weight excluding hydrogens is 402 g/mol. The summed E-state index contributed by atoms with van der Waals surface area (Å²) in [5.41, 5.74) is 5.41. The summed E-state index contributed by atoms with van der Waals surface area (Å²) in [6.07, 6.45) is 7.23. The van der Waals surface area contributed by atoms with Gasteiger partial charge < -0.3 is 24.2 Å². The van der Waals surface area contributed by atoms with Gasteiger partial charge >= 0.3 is 0 Å². The maximum atomic E-state index is 9.58. The van der Waals surface area contributed by atoms with E-state index in [0.29, 0.717) is 12.5 Å². The Kier molecular flexibility index (Phi) is 3.57. The molecule has 2 spiro atoms. The number of rotatable bonds is 4. The highest BCUT2D eigenvalue weighted by molar-refractivity contribution is 5.72. The third-order valence-corrected chi connectivity index (χ3v) is 9.30. The number of hydrogen-bond donors (Lipinski definition) is 1. The summed E-state index contributed by atoms with van der Waals surface area (Å²) in [4.78, 5) is 2.55. The van der Waals surface area contributed by atoms with Gasteiger partial charge in [-0.05, 0) is 67.3 Å². The van der Waals surface area contributed by atoms with Crippen LogP contribution in [0.15, 0.2) is 42.5 Å². The van der Waals surface area contributed by atoms with Gasteiger partial charge in [0.05, 0.1) is 12.5 Å². The normalized spacial score (nSPS) is 37.1. The van der Waals surface area contributed by atoms with Crippen LogP contribution in [-0.4, -0.2) is 56.6 Å². The molecule has 4 aliphatic carbocycles. The lowest BCUT2D eigenvalue weighted by molar-refractivity contribution is -0.144. The minimum absolute atomic E-state index is 0.140. The number of nitrogens with zero attached hydrogens (tertiary/aromatic N) is 1. The van der Waals surface area contributed by atoms with E-state index in [1.807, 2.05) is 7.11 Å². The summed E-state index contributed by atoms with van der Waals surface area (Å²) in [6.45, 7) is 1.18. The molecule has 166 valence electrons. The lowest BCUT2D eigenvalue weighted by Crippen LogP contribution is -2.77. The molecule has 8 rings (SSSR count). The van der Waals surface area contributed by atoms with Gasteiger partial charge in [0.1, 0.15) is 11.7 Å². The summed E-state index contributed by atoms with van der Waals surface area (Å²) in [5.74, 6) is 1.73. The van der Waals surface area contributed by atoms with Crippen LogP contribution in [0.1, 0.15) is 34.2 Å². The molecule has 32 heavy (non-hydrogen) atoms. The Bertz CT molecular complexity index is 1190. The highest BCUT2D eigenvalue weighted by atomic mass is 16.6. The molecule has 1 N–H and O–H groups in total. The minimum atomic E-state index is -0.665. The number of methoxy groups -OCH3 is 2. The van der Waals surface area contributed by atoms with Crippen LogP contribution < -0.4 is 9.47 Å². The third-order valence-electron chi connectivity index (χ3n) is 9.30. The first kappa shape index (κ1) is 19.2. The van der Waals surface area contributed by atoms with Crippen LogP contribution in [0.2, 0.25) is 0 Å². The molecule has 0 radical (unpaired) electrons. The molecule has 0 amide bonds. The average Bonchev–Trinajstić information content (AvgIpc) is 3.18.